The number of ether oxygens (including phenoxy) is 1. The van der Waals surface area contributed by atoms with Crippen molar-refractivity contribution in [1.29, 1.82) is 0 Å². The van der Waals surface area contributed by atoms with Crippen molar-refractivity contribution in [1.82, 2.24) is 15.6 Å². The second-order valence-corrected chi connectivity index (χ2v) is 7.06. The zero-order valence-electron chi connectivity index (χ0n) is 14.5. The Morgan fingerprint density at radius 1 is 1.24 bits per heavy atom. The zero-order valence-corrected chi connectivity index (χ0v) is 14.5. The molecular weight excluding hydrogens is 318 g/mol. The number of H-pyrrole nitrogens is 1. The Morgan fingerprint density at radius 2 is 2.04 bits per heavy atom. The molecule has 6 nitrogen and oxygen atoms in total. The third-order valence-corrected chi connectivity index (χ3v) is 5.45. The molecule has 0 spiro atoms. The molecule has 2 fully saturated rings. The highest BCUT2D eigenvalue weighted by Crippen LogP contribution is 2.39. The van der Waals surface area contributed by atoms with E-state index in [9.17, 15) is 9.59 Å². The number of rotatable bonds is 4. The van der Waals surface area contributed by atoms with E-state index in [2.05, 4.69) is 15.6 Å². The summed E-state index contributed by atoms with van der Waals surface area (Å²) >= 11 is 0. The number of para-hydroxylation sites is 1. The van der Waals surface area contributed by atoms with Gasteiger partial charge >= 0.3 is 0 Å². The van der Waals surface area contributed by atoms with Crippen LogP contribution in [-0.4, -0.2) is 41.6 Å². The van der Waals surface area contributed by atoms with E-state index in [0.717, 1.165) is 28.6 Å². The lowest BCUT2D eigenvalue weighted by atomic mass is 9.71. The summed E-state index contributed by atoms with van der Waals surface area (Å²) in [5.41, 5.74) is 3.10. The maximum absolute atomic E-state index is 12.7. The molecule has 0 unspecified atom stereocenters. The van der Waals surface area contributed by atoms with Gasteiger partial charge in [-0.25, -0.2) is 0 Å². The Balaban J connectivity index is 1.48. The van der Waals surface area contributed by atoms with Gasteiger partial charge in [-0.15, -0.1) is 0 Å². The number of carbonyl (C=O) groups is 2. The predicted octanol–water partition coefficient (Wildman–Crippen LogP) is 1.43. The molecule has 1 aliphatic heterocycles. The van der Waals surface area contributed by atoms with Crippen molar-refractivity contribution < 1.29 is 14.3 Å². The largest absolute Gasteiger partial charge is 0.376 e. The number of benzene rings is 1. The van der Waals surface area contributed by atoms with Gasteiger partial charge in [-0.3, -0.25) is 9.59 Å². The second kappa shape index (κ2) is 6.19. The van der Waals surface area contributed by atoms with E-state index in [0.29, 0.717) is 18.9 Å². The zero-order chi connectivity index (χ0) is 17.6. The van der Waals surface area contributed by atoms with Gasteiger partial charge in [0.2, 0.25) is 11.8 Å². The average molecular weight is 341 g/mol. The number of aromatic nitrogens is 1. The summed E-state index contributed by atoms with van der Waals surface area (Å²) < 4.78 is 5.69. The predicted molar refractivity (Wildman–Crippen MR) is 94.1 cm³/mol. The molecule has 1 aliphatic carbocycles. The lowest BCUT2D eigenvalue weighted by molar-refractivity contribution is -0.129. The quantitative estimate of drug-likeness (QED) is 0.787. The first kappa shape index (κ1) is 16.1. The number of nitrogens with one attached hydrogen (secondary N) is 3. The molecule has 6 heteroatoms. The second-order valence-electron chi connectivity index (χ2n) is 7.06. The molecule has 2 aromatic rings. The molecule has 1 aromatic carbocycles. The summed E-state index contributed by atoms with van der Waals surface area (Å²) in [4.78, 5) is 27.4. The smallest absolute Gasteiger partial charge is 0.224 e. The van der Waals surface area contributed by atoms with Crippen LogP contribution in [0.1, 0.15) is 24.6 Å². The van der Waals surface area contributed by atoms with Gasteiger partial charge in [0.15, 0.2) is 0 Å². The average Bonchev–Trinajstić information content (AvgIpc) is 3.13. The van der Waals surface area contributed by atoms with Crippen LogP contribution in [-0.2, 0) is 20.7 Å². The first-order valence-electron chi connectivity index (χ1n) is 8.79. The van der Waals surface area contributed by atoms with Gasteiger partial charge in [-0.1, -0.05) is 18.2 Å². The Morgan fingerprint density at radius 3 is 2.84 bits per heavy atom. The van der Waals surface area contributed by atoms with Crippen molar-refractivity contribution in [2.75, 3.05) is 6.61 Å². The maximum Gasteiger partial charge on any atom is 0.224 e. The minimum atomic E-state index is -0.127. The molecule has 2 amide bonds. The molecule has 1 saturated heterocycles. The minimum absolute atomic E-state index is 0.0152. The molecule has 2 aliphatic rings. The van der Waals surface area contributed by atoms with E-state index in [-0.39, 0.29) is 30.0 Å². The highest BCUT2D eigenvalue weighted by Gasteiger charge is 2.54. The van der Waals surface area contributed by atoms with Crippen LogP contribution in [0.15, 0.2) is 24.3 Å². The normalized spacial score (nSPS) is 27.6. The van der Waals surface area contributed by atoms with Gasteiger partial charge in [0.25, 0.3) is 0 Å². The highest BCUT2D eigenvalue weighted by molar-refractivity contribution is 5.90. The van der Waals surface area contributed by atoms with Crippen molar-refractivity contribution >= 4 is 22.7 Å². The van der Waals surface area contributed by atoms with Crippen LogP contribution in [0.4, 0.5) is 0 Å². The molecule has 2 heterocycles. The van der Waals surface area contributed by atoms with E-state index in [4.69, 9.17) is 4.74 Å². The monoisotopic (exact) mass is 341 g/mol. The summed E-state index contributed by atoms with van der Waals surface area (Å²) in [6.07, 6.45) is 1.29. The van der Waals surface area contributed by atoms with Crippen LogP contribution in [0.3, 0.4) is 0 Å². The topological polar surface area (TPSA) is 83.2 Å². The Hall–Kier alpha value is -2.34. The van der Waals surface area contributed by atoms with E-state index >= 15 is 0 Å². The van der Waals surface area contributed by atoms with Crippen LogP contribution in [0.25, 0.3) is 10.9 Å². The molecule has 3 N–H and O–H groups in total. The van der Waals surface area contributed by atoms with E-state index in [1.165, 1.54) is 6.92 Å². The maximum atomic E-state index is 12.7. The Bertz CT molecular complexity index is 828. The van der Waals surface area contributed by atoms with Crippen LogP contribution in [0.5, 0.6) is 0 Å². The molecule has 4 atom stereocenters. The van der Waals surface area contributed by atoms with Gasteiger partial charge in [0.1, 0.15) is 0 Å². The number of hydrogen-bond donors (Lipinski definition) is 3. The molecule has 1 aromatic heterocycles. The molecule has 1 saturated carbocycles. The molecular formula is C19H23N3O3. The van der Waals surface area contributed by atoms with E-state index < -0.39 is 0 Å². The SMILES string of the molecule is CC(=O)N[C@@H]1[C@@H](NC(=O)Cc2c(C)[nH]c3ccccc23)[C@H]2CCO[C@H]21. The number of fused-ring (bicyclic) bond motifs is 2. The fourth-order valence-corrected chi connectivity index (χ4v) is 4.27. The van der Waals surface area contributed by atoms with Gasteiger partial charge in [0.05, 0.1) is 24.6 Å². The van der Waals surface area contributed by atoms with Crippen molar-refractivity contribution in [3.63, 3.8) is 0 Å². The highest BCUT2D eigenvalue weighted by atomic mass is 16.5. The van der Waals surface area contributed by atoms with Crippen LogP contribution < -0.4 is 10.6 Å². The number of aryl methyl sites for hydroxylation is 1. The van der Waals surface area contributed by atoms with Crippen LogP contribution >= 0.6 is 0 Å². The van der Waals surface area contributed by atoms with Gasteiger partial charge in [-0.2, -0.15) is 0 Å². The summed E-state index contributed by atoms with van der Waals surface area (Å²) in [5, 5.41) is 7.13. The number of hydrogen-bond acceptors (Lipinski definition) is 3. The van der Waals surface area contributed by atoms with Crippen LogP contribution in [0.2, 0.25) is 0 Å². The third kappa shape index (κ3) is 2.80. The number of aromatic amines is 1. The fourth-order valence-electron chi connectivity index (χ4n) is 4.27. The number of amides is 2. The molecule has 0 bridgehead atoms. The van der Waals surface area contributed by atoms with Gasteiger partial charge < -0.3 is 20.4 Å². The Kier molecular flexibility index (Phi) is 4.00. The lowest BCUT2D eigenvalue weighted by Gasteiger charge is -2.47. The van der Waals surface area contributed by atoms with E-state index in [1.807, 2.05) is 31.2 Å². The minimum Gasteiger partial charge on any atom is -0.376 e. The summed E-state index contributed by atoms with van der Waals surface area (Å²) in [7, 11) is 0. The number of carbonyl (C=O) groups excluding carboxylic acids is 2. The fraction of sp³-hybridized carbons (Fsp3) is 0.474. The molecule has 0 radical (unpaired) electrons. The van der Waals surface area contributed by atoms with Crippen molar-refractivity contribution in [2.24, 2.45) is 5.92 Å². The summed E-state index contributed by atoms with van der Waals surface area (Å²) in [6, 6.07) is 7.84. The van der Waals surface area contributed by atoms with E-state index in [1.54, 1.807) is 0 Å². The first-order valence-corrected chi connectivity index (χ1v) is 8.79. The van der Waals surface area contributed by atoms with Gasteiger partial charge in [0, 0.05) is 36.0 Å². The standard InChI is InChI=1S/C19H23N3O3/c1-10-14(12-5-3-4-6-15(12)20-10)9-16(24)22-17-13-7-8-25-19(13)18(17)21-11(2)23/h3-6,13,17-20H,7-9H2,1-2H3,(H,21,23)(H,22,24)/t13-,17+,18-,19-/m1/s1. The lowest BCUT2D eigenvalue weighted by Crippen LogP contribution is -2.70. The van der Waals surface area contributed by atoms with Gasteiger partial charge in [-0.05, 0) is 25.0 Å². The van der Waals surface area contributed by atoms with Crippen molar-refractivity contribution in [2.45, 2.75) is 44.9 Å². The van der Waals surface area contributed by atoms with Crippen LogP contribution in [0, 0.1) is 12.8 Å². The summed E-state index contributed by atoms with van der Waals surface area (Å²) in [5.74, 6) is 0.189. The molecule has 4 rings (SSSR count). The molecule has 25 heavy (non-hydrogen) atoms. The Labute approximate surface area is 146 Å². The van der Waals surface area contributed by atoms with Crippen molar-refractivity contribution in [3.8, 4) is 0 Å². The van der Waals surface area contributed by atoms with Crippen molar-refractivity contribution in [3.05, 3.63) is 35.5 Å². The first-order chi connectivity index (χ1) is 12.0. The summed E-state index contributed by atoms with van der Waals surface area (Å²) in [6.45, 7) is 4.18. The molecule has 132 valence electrons. The third-order valence-electron chi connectivity index (χ3n) is 5.45.